The van der Waals surface area contributed by atoms with Crippen LogP contribution in [-0.4, -0.2) is 92.3 Å². The smallest absolute Gasteiger partial charge is 0.389 e. The van der Waals surface area contributed by atoms with Gasteiger partial charge in [0.1, 0.15) is 5.75 Å². The van der Waals surface area contributed by atoms with Crippen molar-refractivity contribution in [3.63, 3.8) is 0 Å². The van der Waals surface area contributed by atoms with Crippen molar-refractivity contribution in [2.75, 3.05) is 38.7 Å². The zero-order valence-electron chi connectivity index (χ0n) is 26.6. The fourth-order valence-corrected chi connectivity index (χ4v) is 6.27. The molecule has 0 saturated heterocycles. The molecule has 0 saturated carbocycles. The van der Waals surface area contributed by atoms with E-state index >= 15 is 0 Å². The van der Waals surface area contributed by atoms with E-state index in [4.69, 9.17) is 9.47 Å². The van der Waals surface area contributed by atoms with Crippen LogP contribution in [0.2, 0.25) is 0 Å². The molecule has 1 aliphatic rings. The molecule has 256 valence electrons. The fraction of sp³-hybridized carbons (Fsp3) is 0.562. The largest absolute Gasteiger partial charge is 0.490 e. The number of amides is 2. The number of fused-ring (bicyclic) bond motifs is 1. The number of hydrogen-bond donors (Lipinski definition) is 2. The first-order valence-electron chi connectivity index (χ1n) is 15.3. The number of aliphatic hydroxyl groups excluding tert-OH is 1. The Morgan fingerprint density at radius 3 is 2.50 bits per heavy atom. The molecular formula is C32H44F3N3O7S. The molecule has 0 unspecified atom stereocenters. The number of rotatable bonds is 9. The lowest BCUT2D eigenvalue weighted by atomic mass is 10.0. The summed E-state index contributed by atoms with van der Waals surface area (Å²) in [5.41, 5.74) is 0.182. The number of sulfonamides is 1. The van der Waals surface area contributed by atoms with E-state index in [2.05, 4.69) is 5.32 Å². The highest BCUT2D eigenvalue weighted by atomic mass is 32.2. The van der Waals surface area contributed by atoms with E-state index in [-0.39, 0.29) is 47.7 Å². The molecule has 10 nitrogen and oxygen atoms in total. The van der Waals surface area contributed by atoms with Gasteiger partial charge in [-0.05, 0) is 63.4 Å². The molecule has 0 fully saturated rings. The fourth-order valence-electron chi connectivity index (χ4n) is 5.07. The zero-order chi connectivity index (χ0) is 34.1. The Morgan fingerprint density at radius 1 is 1.15 bits per heavy atom. The number of benzene rings is 2. The van der Waals surface area contributed by atoms with Crippen LogP contribution < -0.4 is 10.1 Å². The maximum Gasteiger partial charge on any atom is 0.389 e. The summed E-state index contributed by atoms with van der Waals surface area (Å²) in [6, 6.07) is 11.7. The summed E-state index contributed by atoms with van der Waals surface area (Å²) >= 11 is 0. The molecule has 0 spiro atoms. The third-order valence-electron chi connectivity index (χ3n) is 7.86. The van der Waals surface area contributed by atoms with E-state index in [0.717, 1.165) is 6.42 Å². The van der Waals surface area contributed by atoms with Crippen LogP contribution in [0.5, 0.6) is 5.75 Å². The topological polar surface area (TPSA) is 125 Å². The lowest BCUT2D eigenvalue weighted by Gasteiger charge is -2.35. The van der Waals surface area contributed by atoms with Crippen LogP contribution in [0, 0.1) is 5.92 Å². The van der Waals surface area contributed by atoms with Crippen molar-refractivity contribution in [3.05, 3.63) is 54.1 Å². The van der Waals surface area contributed by atoms with Crippen molar-refractivity contribution in [1.29, 1.82) is 0 Å². The molecule has 2 N–H and O–H groups in total. The number of hydrogen-bond acceptors (Lipinski definition) is 7. The van der Waals surface area contributed by atoms with Gasteiger partial charge in [-0.15, -0.1) is 0 Å². The van der Waals surface area contributed by atoms with E-state index < -0.39 is 58.9 Å². The number of nitrogens with one attached hydrogen (secondary N) is 1. The number of anilines is 1. The average molecular weight is 672 g/mol. The quantitative estimate of drug-likeness (QED) is 0.381. The first-order chi connectivity index (χ1) is 21.6. The molecule has 2 amide bonds. The van der Waals surface area contributed by atoms with E-state index in [1.54, 1.807) is 25.1 Å². The summed E-state index contributed by atoms with van der Waals surface area (Å²) in [4.78, 5) is 28.0. The number of ether oxygens (including phenoxy) is 2. The van der Waals surface area contributed by atoms with Crippen molar-refractivity contribution in [2.24, 2.45) is 5.92 Å². The summed E-state index contributed by atoms with van der Waals surface area (Å²) in [5, 5.41) is 12.5. The van der Waals surface area contributed by atoms with Crippen LogP contribution in [0.15, 0.2) is 53.4 Å². The molecule has 46 heavy (non-hydrogen) atoms. The zero-order valence-corrected chi connectivity index (χ0v) is 27.4. The van der Waals surface area contributed by atoms with Gasteiger partial charge in [0.25, 0.3) is 5.91 Å². The third kappa shape index (κ3) is 10.7. The second-order valence-electron chi connectivity index (χ2n) is 11.8. The molecule has 0 bridgehead atoms. The van der Waals surface area contributed by atoms with Crippen LogP contribution in [0.1, 0.15) is 63.2 Å². The molecule has 1 aliphatic heterocycles. The molecule has 0 radical (unpaired) electrons. The number of halogens is 3. The van der Waals surface area contributed by atoms with E-state index in [0.29, 0.717) is 19.4 Å². The van der Waals surface area contributed by atoms with Crippen LogP contribution >= 0.6 is 0 Å². The van der Waals surface area contributed by atoms with Gasteiger partial charge in [-0.1, -0.05) is 25.1 Å². The van der Waals surface area contributed by atoms with Gasteiger partial charge in [0.15, 0.2) is 0 Å². The van der Waals surface area contributed by atoms with Crippen molar-refractivity contribution in [1.82, 2.24) is 9.21 Å². The predicted octanol–water partition coefficient (Wildman–Crippen LogP) is 5.08. The third-order valence-corrected chi connectivity index (χ3v) is 9.70. The number of aliphatic hydroxyl groups is 1. The van der Waals surface area contributed by atoms with Crippen LogP contribution in [0.3, 0.4) is 0 Å². The summed E-state index contributed by atoms with van der Waals surface area (Å²) in [7, 11) is -2.35. The second kappa shape index (κ2) is 16.6. The number of nitrogens with zero attached hydrogens (tertiary/aromatic N) is 2. The standard InChI is InChI=1S/C32H44F3N3O7S/c1-22-19-38(23(2)21-39)31(41)27-18-25(36-30(40)15-16-32(33,34)35)13-14-28(27)45-24(3)10-8-9-17-44-29(22)20-37(4)46(42,43)26-11-6-5-7-12-26/h5-7,11-14,18,22-24,29,39H,8-10,15-17,19-21H2,1-4H3,(H,36,40)/t22-,23-,24-,29+/m0/s1. The van der Waals surface area contributed by atoms with Crippen LogP contribution in [0.4, 0.5) is 18.9 Å². The molecule has 2 aromatic carbocycles. The van der Waals surface area contributed by atoms with Gasteiger partial charge in [0.05, 0.1) is 41.7 Å². The Hall–Kier alpha value is -3.20. The molecule has 14 heteroatoms. The van der Waals surface area contributed by atoms with Crippen LogP contribution in [-0.2, 0) is 19.6 Å². The highest BCUT2D eigenvalue weighted by molar-refractivity contribution is 7.89. The maximum absolute atomic E-state index is 14.2. The Balaban J connectivity index is 1.94. The van der Waals surface area contributed by atoms with Gasteiger partial charge >= 0.3 is 6.18 Å². The molecular weight excluding hydrogens is 627 g/mol. The lowest BCUT2D eigenvalue weighted by Crippen LogP contribution is -2.48. The molecule has 0 aliphatic carbocycles. The molecule has 0 aromatic heterocycles. The summed E-state index contributed by atoms with van der Waals surface area (Å²) in [5.74, 6) is -1.57. The minimum Gasteiger partial charge on any atom is -0.490 e. The van der Waals surface area contributed by atoms with Crippen molar-refractivity contribution in [3.8, 4) is 5.75 Å². The molecule has 1 heterocycles. The van der Waals surface area contributed by atoms with Gasteiger partial charge < -0.3 is 24.8 Å². The highest BCUT2D eigenvalue weighted by Gasteiger charge is 2.33. The maximum atomic E-state index is 14.2. The molecule has 3 rings (SSSR count). The van der Waals surface area contributed by atoms with Gasteiger partial charge in [-0.25, -0.2) is 8.42 Å². The minimum atomic E-state index is -4.49. The SMILES string of the molecule is C[C@H]1CCCCO[C@H](CN(C)S(=O)(=O)c2ccccc2)[C@@H](C)CN([C@@H](C)CO)C(=O)c2cc(NC(=O)CCC(F)(F)F)ccc2O1. The number of carbonyl (C=O) groups is 2. The first kappa shape index (κ1) is 37.3. The van der Waals surface area contributed by atoms with E-state index in [1.165, 1.54) is 46.6 Å². The Kier molecular flexibility index (Phi) is 13.4. The molecule has 4 atom stereocenters. The predicted molar refractivity (Wildman–Crippen MR) is 167 cm³/mol. The first-order valence-corrected chi connectivity index (χ1v) is 16.8. The van der Waals surface area contributed by atoms with Gasteiger partial charge in [0, 0.05) is 44.8 Å². The van der Waals surface area contributed by atoms with Gasteiger partial charge in [0.2, 0.25) is 15.9 Å². The van der Waals surface area contributed by atoms with Gasteiger partial charge in [-0.2, -0.15) is 17.5 Å². The Morgan fingerprint density at radius 2 is 1.85 bits per heavy atom. The van der Waals surface area contributed by atoms with E-state index in [9.17, 15) is 36.3 Å². The Labute approximate surface area is 268 Å². The summed E-state index contributed by atoms with van der Waals surface area (Å²) in [6.45, 7) is 5.39. The monoisotopic (exact) mass is 671 g/mol. The lowest BCUT2D eigenvalue weighted by molar-refractivity contribution is -0.142. The van der Waals surface area contributed by atoms with Gasteiger partial charge in [-0.3, -0.25) is 9.59 Å². The second-order valence-corrected chi connectivity index (χ2v) is 13.8. The van der Waals surface area contributed by atoms with Crippen molar-refractivity contribution >= 4 is 27.5 Å². The minimum absolute atomic E-state index is 0.0120. The van der Waals surface area contributed by atoms with Crippen molar-refractivity contribution in [2.45, 2.75) is 82.2 Å². The van der Waals surface area contributed by atoms with Crippen molar-refractivity contribution < 1.29 is 45.8 Å². The normalized spacial score (nSPS) is 21.2. The number of likely N-dealkylation sites (N-methyl/N-ethyl adjacent to an activating group) is 1. The van der Waals surface area contributed by atoms with Crippen LogP contribution in [0.25, 0.3) is 0 Å². The Bertz CT molecular complexity index is 1410. The number of carbonyl (C=O) groups excluding carboxylic acids is 2. The summed E-state index contributed by atoms with van der Waals surface area (Å²) in [6.07, 6.45) is -5.46. The van der Waals surface area contributed by atoms with E-state index in [1.807, 2.05) is 13.8 Å². The summed E-state index contributed by atoms with van der Waals surface area (Å²) < 4.78 is 78.1. The molecule has 2 aromatic rings. The number of alkyl halides is 3. The highest BCUT2D eigenvalue weighted by Crippen LogP contribution is 2.29. The average Bonchev–Trinajstić information content (AvgIpc) is 3.01.